The fraction of sp³-hybridized carbons (Fsp3) is 0.833. The lowest BCUT2D eigenvalue weighted by molar-refractivity contribution is -0.144. The monoisotopic (exact) mass is 181 g/mol. The summed E-state index contributed by atoms with van der Waals surface area (Å²) in [5.41, 5.74) is 0. The highest BCUT2D eigenvalue weighted by molar-refractivity contribution is 5.87. The standard InChI is InChI=1S/C6H12O6/c7-1-3(9)5(11)6(12)4(10)2-8/h3-5,7-11H,1-2H2/t3-,4?,5-/m1/s1/i1+1. The second-order valence-corrected chi connectivity index (χ2v) is 2.30. The number of ketones is 1. The van der Waals surface area contributed by atoms with Gasteiger partial charge < -0.3 is 25.5 Å². The Bertz CT molecular complexity index is 147. The highest BCUT2D eigenvalue weighted by Gasteiger charge is 2.28. The van der Waals surface area contributed by atoms with Crippen LogP contribution in [0.2, 0.25) is 0 Å². The third kappa shape index (κ3) is 2.84. The van der Waals surface area contributed by atoms with E-state index in [2.05, 4.69) is 0 Å². The molecule has 3 atom stereocenters. The van der Waals surface area contributed by atoms with Crippen molar-refractivity contribution in [2.24, 2.45) is 0 Å². The van der Waals surface area contributed by atoms with E-state index in [0.29, 0.717) is 0 Å². The van der Waals surface area contributed by atoms with Gasteiger partial charge in [0.1, 0.15) is 18.3 Å². The van der Waals surface area contributed by atoms with Crippen molar-refractivity contribution in [1.29, 1.82) is 0 Å². The molecule has 1 unspecified atom stereocenters. The molecule has 0 spiro atoms. The third-order valence-electron chi connectivity index (χ3n) is 1.34. The van der Waals surface area contributed by atoms with Gasteiger partial charge in [0.15, 0.2) is 5.78 Å². The fourth-order valence-electron chi connectivity index (χ4n) is 0.577. The van der Waals surface area contributed by atoms with Crippen LogP contribution in [0.3, 0.4) is 0 Å². The van der Waals surface area contributed by atoms with Crippen molar-refractivity contribution < 1.29 is 30.3 Å². The lowest BCUT2D eigenvalue weighted by Gasteiger charge is -2.16. The number of carbonyl (C=O) groups is 1. The van der Waals surface area contributed by atoms with Gasteiger partial charge in [-0.15, -0.1) is 0 Å². The molecule has 0 saturated heterocycles. The Kier molecular flexibility index (Phi) is 4.95. The average Bonchev–Trinajstić information content (AvgIpc) is 2.12. The molecule has 6 heteroatoms. The number of hydrogen-bond donors (Lipinski definition) is 5. The van der Waals surface area contributed by atoms with Crippen molar-refractivity contribution >= 4 is 5.78 Å². The topological polar surface area (TPSA) is 118 Å². The zero-order chi connectivity index (χ0) is 9.72. The molecule has 0 aromatic carbocycles. The SMILES string of the molecule is O=C(C(O)CO)[C@H](O)[C@H](O)[13CH2]O. The summed E-state index contributed by atoms with van der Waals surface area (Å²) in [6.45, 7) is -1.61. The Morgan fingerprint density at radius 3 is 1.92 bits per heavy atom. The Morgan fingerprint density at radius 1 is 1.08 bits per heavy atom. The van der Waals surface area contributed by atoms with Gasteiger partial charge in [0.25, 0.3) is 0 Å². The second-order valence-electron chi connectivity index (χ2n) is 2.30. The molecule has 5 N–H and O–H groups in total. The van der Waals surface area contributed by atoms with Crippen molar-refractivity contribution in [3.05, 3.63) is 0 Å². The Hall–Kier alpha value is -0.530. The van der Waals surface area contributed by atoms with Crippen molar-refractivity contribution in [3.8, 4) is 0 Å². The predicted octanol–water partition coefficient (Wildman–Crippen LogP) is -3.38. The van der Waals surface area contributed by atoms with E-state index in [4.69, 9.17) is 25.5 Å². The van der Waals surface area contributed by atoms with Crippen LogP contribution >= 0.6 is 0 Å². The van der Waals surface area contributed by atoms with E-state index in [9.17, 15) is 4.79 Å². The summed E-state index contributed by atoms with van der Waals surface area (Å²) in [5.74, 6) is -1.11. The largest absolute Gasteiger partial charge is 0.394 e. The molecular formula is C6H12O6. The first kappa shape index (κ1) is 11.5. The average molecular weight is 181 g/mol. The summed E-state index contributed by atoms with van der Waals surface area (Å²) in [7, 11) is 0. The van der Waals surface area contributed by atoms with E-state index in [1.54, 1.807) is 0 Å². The number of hydrogen-bond acceptors (Lipinski definition) is 6. The summed E-state index contributed by atoms with van der Waals surface area (Å²) in [4.78, 5) is 10.7. The van der Waals surface area contributed by atoms with Crippen LogP contribution in [0.15, 0.2) is 0 Å². The van der Waals surface area contributed by atoms with Gasteiger partial charge in [-0.1, -0.05) is 0 Å². The Morgan fingerprint density at radius 2 is 1.58 bits per heavy atom. The number of aliphatic hydroxyl groups is 5. The van der Waals surface area contributed by atoms with E-state index in [0.717, 1.165) is 0 Å². The lowest BCUT2D eigenvalue weighted by atomic mass is 10.1. The van der Waals surface area contributed by atoms with E-state index < -0.39 is 37.3 Å². The van der Waals surface area contributed by atoms with Crippen molar-refractivity contribution in [1.82, 2.24) is 0 Å². The minimum absolute atomic E-state index is 0.787. The first-order valence-corrected chi connectivity index (χ1v) is 3.34. The van der Waals surface area contributed by atoms with Crippen molar-refractivity contribution in [3.63, 3.8) is 0 Å². The zero-order valence-electron chi connectivity index (χ0n) is 6.29. The molecule has 0 radical (unpaired) electrons. The number of aliphatic hydroxyl groups excluding tert-OH is 5. The maximum Gasteiger partial charge on any atom is 0.194 e. The number of rotatable bonds is 5. The molecule has 0 saturated carbocycles. The first-order chi connectivity index (χ1) is 5.54. The van der Waals surface area contributed by atoms with Gasteiger partial charge in [-0.2, -0.15) is 0 Å². The van der Waals surface area contributed by atoms with Gasteiger partial charge >= 0.3 is 0 Å². The second kappa shape index (κ2) is 5.18. The first-order valence-electron chi connectivity index (χ1n) is 3.34. The van der Waals surface area contributed by atoms with E-state index in [1.165, 1.54) is 0 Å². The molecule has 6 nitrogen and oxygen atoms in total. The predicted molar refractivity (Wildman–Crippen MR) is 37.2 cm³/mol. The smallest absolute Gasteiger partial charge is 0.194 e. The zero-order valence-corrected chi connectivity index (χ0v) is 6.29. The van der Waals surface area contributed by atoms with Crippen molar-refractivity contribution in [2.45, 2.75) is 18.3 Å². The molecule has 0 heterocycles. The third-order valence-corrected chi connectivity index (χ3v) is 1.34. The van der Waals surface area contributed by atoms with Crippen LogP contribution in [0, 0.1) is 0 Å². The highest BCUT2D eigenvalue weighted by atomic mass is 16.4. The van der Waals surface area contributed by atoms with Crippen molar-refractivity contribution in [2.75, 3.05) is 13.2 Å². The highest BCUT2D eigenvalue weighted by Crippen LogP contribution is 1.98. The molecule has 12 heavy (non-hydrogen) atoms. The molecule has 0 fully saturated rings. The summed E-state index contributed by atoms with van der Waals surface area (Å²) < 4.78 is 0. The maximum atomic E-state index is 10.7. The van der Waals surface area contributed by atoms with E-state index >= 15 is 0 Å². The van der Waals surface area contributed by atoms with Gasteiger partial charge in [-0.3, -0.25) is 4.79 Å². The fourth-order valence-corrected chi connectivity index (χ4v) is 0.577. The molecule has 0 aliphatic carbocycles. The molecule has 0 aliphatic rings. The van der Waals surface area contributed by atoms with Crippen LogP contribution in [0.5, 0.6) is 0 Å². The van der Waals surface area contributed by atoms with Gasteiger partial charge in [0.2, 0.25) is 0 Å². The molecule has 0 aromatic heterocycles. The Balaban J connectivity index is 4.09. The summed E-state index contributed by atoms with van der Waals surface area (Å²) in [6.07, 6.45) is -5.21. The van der Waals surface area contributed by atoms with Crippen LogP contribution < -0.4 is 0 Å². The molecule has 0 aromatic rings. The number of carbonyl (C=O) groups excluding carboxylic acids is 1. The summed E-state index contributed by atoms with van der Waals surface area (Å²) in [6, 6.07) is 0. The minimum atomic E-state index is -1.86. The molecule has 72 valence electrons. The molecular weight excluding hydrogens is 169 g/mol. The van der Waals surface area contributed by atoms with Crippen LogP contribution in [0.25, 0.3) is 0 Å². The van der Waals surface area contributed by atoms with E-state index in [1.807, 2.05) is 0 Å². The molecule has 0 amide bonds. The van der Waals surface area contributed by atoms with Gasteiger partial charge in [-0.25, -0.2) is 0 Å². The number of Topliss-reactive ketones (excluding diaryl/α,β-unsaturated/α-hetero) is 1. The maximum absolute atomic E-state index is 10.7. The normalized spacial score (nSPS) is 18.4. The quantitative estimate of drug-likeness (QED) is 0.282. The Labute approximate surface area is 68.7 Å². The molecule has 0 rings (SSSR count). The summed E-state index contributed by atoms with van der Waals surface area (Å²) >= 11 is 0. The van der Waals surface area contributed by atoms with Crippen LogP contribution in [0.4, 0.5) is 0 Å². The van der Waals surface area contributed by atoms with Gasteiger partial charge in [0.05, 0.1) is 13.2 Å². The summed E-state index contributed by atoms with van der Waals surface area (Å²) in [5, 5.41) is 42.9. The van der Waals surface area contributed by atoms with Crippen LogP contribution in [-0.4, -0.2) is 62.8 Å². The van der Waals surface area contributed by atoms with Gasteiger partial charge in [0, 0.05) is 0 Å². The molecule has 0 bridgehead atoms. The molecule has 0 aliphatic heterocycles. The minimum Gasteiger partial charge on any atom is -0.394 e. The van der Waals surface area contributed by atoms with Crippen LogP contribution in [0.1, 0.15) is 0 Å². The lowest BCUT2D eigenvalue weighted by Crippen LogP contribution is -2.43. The van der Waals surface area contributed by atoms with Gasteiger partial charge in [-0.05, 0) is 0 Å². The van der Waals surface area contributed by atoms with Crippen LogP contribution in [-0.2, 0) is 4.79 Å². The van der Waals surface area contributed by atoms with E-state index in [-0.39, 0.29) is 0 Å².